The predicted molar refractivity (Wildman–Crippen MR) is 71.5 cm³/mol. The van der Waals surface area contributed by atoms with E-state index >= 15 is 0 Å². The van der Waals surface area contributed by atoms with E-state index in [0.29, 0.717) is 24.5 Å². The zero-order valence-electron chi connectivity index (χ0n) is 11.2. The van der Waals surface area contributed by atoms with Crippen LogP contribution in [0.2, 0.25) is 0 Å². The van der Waals surface area contributed by atoms with Gasteiger partial charge in [0.15, 0.2) is 0 Å². The molecule has 0 saturated heterocycles. The number of rotatable bonds is 7. The molecule has 2 rings (SSSR count). The van der Waals surface area contributed by atoms with Crippen LogP contribution in [-0.2, 0) is 0 Å². The van der Waals surface area contributed by atoms with E-state index in [1.165, 1.54) is 0 Å². The Labute approximate surface area is 112 Å². The first-order valence-electron chi connectivity index (χ1n) is 6.44. The lowest BCUT2D eigenvalue weighted by Gasteiger charge is -2.08. The van der Waals surface area contributed by atoms with Gasteiger partial charge in [0.05, 0.1) is 6.61 Å². The van der Waals surface area contributed by atoms with Crippen LogP contribution < -0.4 is 10.1 Å². The summed E-state index contributed by atoms with van der Waals surface area (Å²) in [7, 11) is 0. The number of anilines is 1. The van der Waals surface area contributed by atoms with Crippen LogP contribution >= 0.6 is 0 Å². The van der Waals surface area contributed by atoms with Gasteiger partial charge in [0.25, 0.3) is 0 Å². The van der Waals surface area contributed by atoms with Crippen molar-refractivity contribution in [2.45, 2.75) is 26.7 Å². The second kappa shape index (κ2) is 6.67. The first kappa shape index (κ1) is 13.3. The molecular weight excluding hydrogens is 244 g/mol. The van der Waals surface area contributed by atoms with Crippen LogP contribution in [0.15, 0.2) is 18.7 Å². The summed E-state index contributed by atoms with van der Waals surface area (Å²) in [5.74, 6) is 1.02. The molecule has 7 nitrogen and oxygen atoms in total. The minimum Gasteiger partial charge on any atom is -0.463 e. The van der Waals surface area contributed by atoms with Crippen molar-refractivity contribution in [1.82, 2.24) is 24.5 Å². The zero-order chi connectivity index (χ0) is 13.5. The summed E-state index contributed by atoms with van der Waals surface area (Å²) in [5.41, 5.74) is 0. The first-order chi connectivity index (χ1) is 9.33. The van der Waals surface area contributed by atoms with Gasteiger partial charge in [-0.15, -0.1) is 0 Å². The summed E-state index contributed by atoms with van der Waals surface area (Å²) in [5, 5.41) is 3.14. The summed E-state index contributed by atoms with van der Waals surface area (Å²) in [4.78, 5) is 16.8. The Morgan fingerprint density at radius 1 is 1.21 bits per heavy atom. The molecule has 0 spiro atoms. The fourth-order valence-corrected chi connectivity index (χ4v) is 1.41. The fraction of sp³-hybridized carbons (Fsp3) is 0.500. The monoisotopic (exact) mass is 262 g/mol. The van der Waals surface area contributed by atoms with Gasteiger partial charge in [-0.1, -0.05) is 13.8 Å². The van der Waals surface area contributed by atoms with Crippen molar-refractivity contribution >= 4 is 5.95 Å². The SMILES string of the molecule is CCCNc1nc(OCCC)nc(-n2ccnc2)n1. The molecule has 0 bridgehead atoms. The summed E-state index contributed by atoms with van der Waals surface area (Å²) in [6, 6.07) is 0.333. The highest BCUT2D eigenvalue weighted by Crippen LogP contribution is 2.11. The maximum absolute atomic E-state index is 5.48. The summed E-state index contributed by atoms with van der Waals surface area (Å²) < 4.78 is 7.20. The molecule has 0 aliphatic carbocycles. The fourth-order valence-electron chi connectivity index (χ4n) is 1.41. The number of imidazole rings is 1. The van der Waals surface area contributed by atoms with Crippen molar-refractivity contribution in [2.75, 3.05) is 18.5 Å². The highest BCUT2D eigenvalue weighted by molar-refractivity contribution is 5.30. The van der Waals surface area contributed by atoms with E-state index < -0.39 is 0 Å². The maximum Gasteiger partial charge on any atom is 0.323 e. The van der Waals surface area contributed by atoms with Crippen molar-refractivity contribution in [2.24, 2.45) is 0 Å². The molecule has 0 unspecified atom stereocenters. The minimum atomic E-state index is 0.333. The van der Waals surface area contributed by atoms with E-state index in [2.05, 4.69) is 32.2 Å². The summed E-state index contributed by atoms with van der Waals surface area (Å²) >= 11 is 0. The van der Waals surface area contributed by atoms with Crippen molar-refractivity contribution in [3.8, 4) is 12.0 Å². The molecular formula is C12H18N6O. The second-order valence-corrected chi connectivity index (χ2v) is 3.99. The molecule has 0 amide bonds. The van der Waals surface area contributed by atoms with Crippen molar-refractivity contribution in [1.29, 1.82) is 0 Å². The van der Waals surface area contributed by atoms with E-state index in [1.54, 1.807) is 23.3 Å². The minimum absolute atomic E-state index is 0.333. The van der Waals surface area contributed by atoms with Crippen molar-refractivity contribution in [3.63, 3.8) is 0 Å². The van der Waals surface area contributed by atoms with Crippen LogP contribution in [0.5, 0.6) is 6.01 Å². The zero-order valence-corrected chi connectivity index (χ0v) is 11.2. The van der Waals surface area contributed by atoms with Crippen LogP contribution in [-0.4, -0.2) is 37.7 Å². The van der Waals surface area contributed by atoms with E-state index in [-0.39, 0.29) is 0 Å². The number of ether oxygens (including phenoxy) is 1. The van der Waals surface area contributed by atoms with Gasteiger partial charge >= 0.3 is 6.01 Å². The maximum atomic E-state index is 5.48. The van der Waals surface area contributed by atoms with Gasteiger partial charge in [-0.05, 0) is 12.8 Å². The first-order valence-corrected chi connectivity index (χ1v) is 6.44. The van der Waals surface area contributed by atoms with Gasteiger partial charge in [-0.3, -0.25) is 4.57 Å². The van der Waals surface area contributed by atoms with E-state index in [1.807, 2.05) is 6.92 Å². The van der Waals surface area contributed by atoms with Gasteiger partial charge < -0.3 is 10.1 Å². The Kier molecular flexibility index (Phi) is 4.66. The van der Waals surface area contributed by atoms with Gasteiger partial charge in [0.2, 0.25) is 11.9 Å². The van der Waals surface area contributed by atoms with E-state index in [0.717, 1.165) is 19.4 Å². The lowest BCUT2D eigenvalue weighted by molar-refractivity contribution is 0.291. The van der Waals surface area contributed by atoms with Crippen LogP contribution in [0.4, 0.5) is 5.95 Å². The third kappa shape index (κ3) is 3.64. The molecule has 102 valence electrons. The number of nitrogens with zero attached hydrogens (tertiary/aromatic N) is 5. The normalized spacial score (nSPS) is 10.4. The van der Waals surface area contributed by atoms with E-state index in [9.17, 15) is 0 Å². The largest absolute Gasteiger partial charge is 0.463 e. The van der Waals surface area contributed by atoms with Crippen LogP contribution in [0, 0.1) is 0 Å². The standard InChI is InChI=1S/C12H18N6O/c1-3-5-14-10-15-11(18-7-6-13-9-18)17-12(16-10)19-8-4-2/h6-7,9H,3-5,8H2,1-2H3,(H,14,15,16,17). The Bertz CT molecular complexity index is 473. The number of hydrogen-bond donors (Lipinski definition) is 1. The smallest absolute Gasteiger partial charge is 0.323 e. The summed E-state index contributed by atoms with van der Waals surface area (Å²) in [6.45, 7) is 5.51. The Morgan fingerprint density at radius 2 is 2.11 bits per heavy atom. The number of hydrogen-bond acceptors (Lipinski definition) is 6. The Hall–Kier alpha value is -2.18. The molecule has 1 N–H and O–H groups in total. The Balaban J connectivity index is 2.25. The topological polar surface area (TPSA) is 77.8 Å². The van der Waals surface area contributed by atoms with Gasteiger partial charge in [-0.25, -0.2) is 4.98 Å². The quantitative estimate of drug-likeness (QED) is 0.817. The third-order valence-electron chi connectivity index (χ3n) is 2.31. The molecule has 0 fully saturated rings. The molecule has 2 aromatic heterocycles. The molecule has 0 aliphatic heterocycles. The highest BCUT2D eigenvalue weighted by atomic mass is 16.5. The number of nitrogens with one attached hydrogen (secondary N) is 1. The van der Waals surface area contributed by atoms with Gasteiger partial charge in [0, 0.05) is 18.9 Å². The molecule has 7 heteroatoms. The molecule has 0 aliphatic rings. The van der Waals surface area contributed by atoms with Crippen LogP contribution in [0.25, 0.3) is 5.95 Å². The molecule has 0 radical (unpaired) electrons. The molecule has 19 heavy (non-hydrogen) atoms. The van der Waals surface area contributed by atoms with E-state index in [4.69, 9.17) is 4.74 Å². The second-order valence-electron chi connectivity index (χ2n) is 3.99. The highest BCUT2D eigenvalue weighted by Gasteiger charge is 2.08. The Morgan fingerprint density at radius 3 is 2.79 bits per heavy atom. The lowest BCUT2D eigenvalue weighted by atomic mass is 10.5. The molecule has 2 aromatic rings. The average Bonchev–Trinajstić information content (AvgIpc) is 2.97. The van der Waals surface area contributed by atoms with Crippen LogP contribution in [0.1, 0.15) is 26.7 Å². The van der Waals surface area contributed by atoms with Crippen LogP contribution in [0.3, 0.4) is 0 Å². The van der Waals surface area contributed by atoms with Gasteiger partial charge in [0.1, 0.15) is 6.33 Å². The average molecular weight is 262 g/mol. The number of aromatic nitrogens is 5. The third-order valence-corrected chi connectivity index (χ3v) is 2.31. The van der Waals surface area contributed by atoms with Gasteiger partial charge in [-0.2, -0.15) is 15.0 Å². The van der Waals surface area contributed by atoms with Crippen molar-refractivity contribution in [3.05, 3.63) is 18.7 Å². The van der Waals surface area contributed by atoms with Crippen molar-refractivity contribution < 1.29 is 4.74 Å². The molecule has 2 heterocycles. The molecule has 0 saturated carbocycles. The lowest BCUT2D eigenvalue weighted by Crippen LogP contribution is -2.11. The molecule has 0 atom stereocenters. The molecule has 0 aromatic carbocycles. The summed E-state index contributed by atoms with van der Waals surface area (Å²) in [6.07, 6.45) is 7.00. The predicted octanol–water partition coefficient (Wildman–Crippen LogP) is 1.67.